The summed E-state index contributed by atoms with van der Waals surface area (Å²) in [4.78, 5) is 4.95. The topological polar surface area (TPSA) is 41.7 Å². The summed E-state index contributed by atoms with van der Waals surface area (Å²) in [5, 5.41) is 0. The van der Waals surface area contributed by atoms with E-state index < -0.39 is 0 Å². The lowest BCUT2D eigenvalue weighted by molar-refractivity contribution is -0.0275. The van der Waals surface area contributed by atoms with Crippen LogP contribution in [0.15, 0.2) is 0 Å². The van der Waals surface area contributed by atoms with Crippen LogP contribution in [0, 0.1) is 5.41 Å². The van der Waals surface area contributed by atoms with Gasteiger partial charge in [-0.1, -0.05) is 0 Å². The van der Waals surface area contributed by atoms with E-state index in [9.17, 15) is 0 Å². The van der Waals surface area contributed by atoms with E-state index in [4.69, 9.17) is 10.5 Å². The first-order chi connectivity index (χ1) is 7.74. The number of nitrogens with two attached hydrogens (primary N) is 1. The molecule has 0 aromatic carbocycles. The molecule has 16 heavy (non-hydrogen) atoms. The Hall–Kier alpha value is -0.160. The van der Waals surface area contributed by atoms with Crippen LogP contribution in [0.5, 0.6) is 0 Å². The van der Waals surface area contributed by atoms with Gasteiger partial charge in [-0.15, -0.1) is 0 Å². The summed E-state index contributed by atoms with van der Waals surface area (Å²) in [6.07, 6.45) is 2.40. The van der Waals surface area contributed by atoms with E-state index in [0.717, 1.165) is 26.3 Å². The van der Waals surface area contributed by atoms with E-state index in [-0.39, 0.29) is 5.41 Å². The molecule has 0 saturated carbocycles. The van der Waals surface area contributed by atoms with Crippen molar-refractivity contribution in [2.24, 2.45) is 11.1 Å². The van der Waals surface area contributed by atoms with E-state index in [2.05, 4.69) is 16.8 Å². The van der Waals surface area contributed by atoms with Gasteiger partial charge in [0.15, 0.2) is 0 Å². The fourth-order valence-electron chi connectivity index (χ4n) is 2.74. The fourth-order valence-corrected chi connectivity index (χ4v) is 2.74. The molecule has 0 amide bonds. The van der Waals surface area contributed by atoms with Gasteiger partial charge < -0.3 is 20.3 Å². The molecule has 2 aliphatic heterocycles. The summed E-state index contributed by atoms with van der Waals surface area (Å²) in [5.41, 5.74) is 6.20. The molecule has 0 spiro atoms. The van der Waals surface area contributed by atoms with Crippen molar-refractivity contribution in [1.29, 1.82) is 0 Å². The van der Waals surface area contributed by atoms with Crippen LogP contribution in [0.25, 0.3) is 0 Å². The highest BCUT2D eigenvalue weighted by Gasteiger charge is 2.34. The molecule has 2 N–H and O–H groups in total. The van der Waals surface area contributed by atoms with Crippen LogP contribution in [0.2, 0.25) is 0 Å². The molecule has 2 rings (SSSR count). The first kappa shape index (κ1) is 12.3. The van der Waals surface area contributed by atoms with E-state index >= 15 is 0 Å². The second-order valence-corrected chi connectivity index (χ2v) is 5.44. The third-order valence-electron chi connectivity index (χ3n) is 3.99. The summed E-state index contributed by atoms with van der Waals surface area (Å²) in [7, 11) is 2.19. The summed E-state index contributed by atoms with van der Waals surface area (Å²) >= 11 is 0. The highest BCUT2D eigenvalue weighted by Crippen LogP contribution is 2.28. The zero-order valence-electron chi connectivity index (χ0n) is 10.5. The molecular formula is C12H25N3O. The van der Waals surface area contributed by atoms with Crippen LogP contribution in [0.4, 0.5) is 0 Å². The average Bonchev–Trinajstić information content (AvgIpc) is 2.33. The van der Waals surface area contributed by atoms with E-state index in [0.29, 0.717) is 0 Å². The Balaban J connectivity index is 1.86. The van der Waals surface area contributed by atoms with E-state index in [1.54, 1.807) is 0 Å². The zero-order valence-corrected chi connectivity index (χ0v) is 10.5. The van der Waals surface area contributed by atoms with Gasteiger partial charge in [0.25, 0.3) is 0 Å². The Kier molecular flexibility index (Phi) is 4.19. The first-order valence-corrected chi connectivity index (χ1v) is 6.43. The van der Waals surface area contributed by atoms with Crippen molar-refractivity contribution in [3.05, 3.63) is 0 Å². The van der Waals surface area contributed by atoms with Gasteiger partial charge in [-0.05, 0) is 19.9 Å². The molecule has 0 bridgehead atoms. The van der Waals surface area contributed by atoms with E-state index in [1.165, 1.54) is 39.0 Å². The zero-order chi connectivity index (χ0) is 11.4. The lowest BCUT2D eigenvalue weighted by Crippen LogP contribution is -2.52. The number of ether oxygens (including phenoxy) is 1. The van der Waals surface area contributed by atoms with Crippen LogP contribution in [0.1, 0.15) is 12.8 Å². The number of likely N-dealkylation sites (N-methyl/N-ethyl adjacent to an activating group) is 1. The van der Waals surface area contributed by atoms with Crippen molar-refractivity contribution in [1.82, 2.24) is 9.80 Å². The molecule has 94 valence electrons. The number of nitrogens with zero attached hydrogens (tertiary/aromatic N) is 2. The SMILES string of the molecule is CN1CCN(CC2(CN)CCCOC2)CC1. The molecule has 2 saturated heterocycles. The summed E-state index contributed by atoms with van der Waals surface area (Å²) in [6, 6.07) is 0. The average molecular weight is 227 g/mol. The molecule has 0 aromatic rings. The summed E-state index contributed by atoms with van der Waals surface area (Å²) in [6.45, 7) is 8.39. The molecular weight excluding hydrogens is 202 g/mol. The Morgan fingerprint density at radius 1 is 1.25 bits per heavy atom. The Morgan fingerprint density at radius 3 is 2.56 bits per heavy atom. The minimum Gasteiger partial charge on any atom is -0.381 e. The largest absolute Gasteiger partial charge is 0.381 e. The van der Waals surface area contributed by atoms with Gasteiger partial charge >= 0.3 is 0 Å². The van der Waals surface area contributed by atoms with Crippen molar-refractivity contribution in [2.75, 3.05) is 59.5 Å². The van der Waals surface area contributed by atoms with Crippen LogP contribution in [-0.4, -0.2) is 69.3 Å². The van der Waals surface area contributed by atoms with Crippen molar-refractivity contribution >= 4 is 0 Å². The molecule has 0 aliphatic carbocycles. The quantitative estimate of drug-likeness (QED) is 0.736. The standard InChI is InChI=1S/C12H25N3O/c1-14-4-6-15(7-5-14)10-12(9-13)3-2-8-16-11-12/h2-11,13H2,1H3. The number of hydrogen-bond acceptors (Lipinski definition) is 4. The lowest BCUT2D eigenvalue weighted by Gasteiger charge is -2.42. The highest BCUT2D eigenvalue weighted by atomic mass is 16.5. The van der Waals surface area contributed by atoms with Gasteiger partial charge in [0, 0.05) is 51.3 Å². The normalized spacial score (nSPS) is 34.1. The molecule has 1 atom stereocenters. The van der Waals surface area contributed by atoms with Gasteiger partial charge in [0.05, 0.1) is 6.61 Å². The maximum Gasteiger partial charge on any atom is 0.0546 e. The second-order valence-electron chi connectivity index (χ2n) is 5.44. The fraction of sp³-hybridized carbons (Fsp3) is 1.00. The minimum absolute atomic E-state index is 0.230. The van der Waals surface area contributed by atoms with Crippen LogP contribution in [0.3, 0.4) is 0 Å². The molecule has 2 heterocycles. The molecule has 1 unspecified atom stereocenters. The molecule has 4 nitrogen and oxygen atoms in total. The van der Waals surface area contributed by atoms with Gasteiger partial charge in [-0.3, -0.25) is 0 Å². The van der Waals surface area contributed by atoms with Gasteiger partial charge in [0.2, 0.25) is 0 Å². The molecule has 2 aliphatic rings. The third kappa shape index (κ3) is 2.94. The maximum absolute atomic E-state index is 5.97. The van der Waals surface area contributed by atoms with Gasteiger partial charge in [-0.25, -0.2) is 0 Å². The van der Waals surface area contributed by atoms with Crippen molar-refractivity contribution < 1.29 is 4.74 Å². The maximum atomic E-state index is 5.97. The van der Waals surface area contributed by atoms with Crippen LogP contribution >= 0.6 is 0 Å². The lowest BCUT2D eigenvalue weighted by atomic mass is 9.82. The summed E-state index contributed by atoms with van der Waals surface area (Å²) in [5.74, 6) is 0. The third-order valence-corrected chi connectivity index (χ3v) is 3.99. The number of rotatable bonds is 3. The molecule has 0 aromatic heterocycles. The monoisotopic (exact) mass is 227 g/mol. The highest BCUT2D eigenvalue weighted by molar-refractivity contribution is 4.87. The predicted octanol–water partition coefficient (Wildman–Crippen LogP) is -0.0107. The van der Waals surface area contributed by atoms with Crippen LogP contribution < -0.4 is 5.73 Å². The number of piperazine rings is 1. The molecule has 0 radical (unpaired) electrons. The smallest absolute Gasteiger partial charge is 0.0546 e. The van der Waals surface area contributed by atoms with Crippen molar-refractivity contribution in [2.45, 2.75) is 12.8 Å². The van der Waals surface area contributed by atoms with E-state index in [1.807, 2.05) is 0 Å². The van der Waals surface area contributed by atoms with Crippen molar-refractivity contribution in [3.8, 4) is 0 Å². The van der Waals surface area contributed by atoms with Crippen molar-refractivity contribution in [3.63, 3.8) is 0 Å². The second kappa shape index (κ2) is 5.45. The van der Waals surface area contributed by atoms with Gasteiger partial charge in [-0.2, -0.15) is 0 Å². The Bertz CT molecular complexity index is 208. The Labute approximate surface area is 98.7 Å². The Morgan fingerprint density at radius 2 is 2.00 bits per heavy atom. The number of hydrogen-bond donors (Lipinski definition) is 1. The molecule has 2 fully saturated rings. The minimum atomic E-state index is 0.230. The first-order valence-electron chi connectivity index (χ1n) is 6.43. The summed E-state index contributed by atoms with van der Waals surface area (Å²) < 4.78 is 5.62. The van der Waals surface area contributed by atoms with Crippen LogP contribution in [-0.2, 0) is 4.74 Å². The van der Waals surface area contributed by atoms with Gasteiger partial charge in [0.1, 0.15) is 0 Å². The molecule has 4 heteroatoms. The predicted molar refractivity (Wildman–Crippen MR) is 65.5 cm³/mol.